The van der Waals surface area contributed by atoms with Gasteiger partial charge in [-0.2, -0.15) is 0 Å². The first-order valence-corrected chi connectivity index (χ1v) is 7.55. The largest absolute Gasteiger partial charge is 0.510 e. The second-order valence-corrected chi connectivity index (χ2v) is 5.79. The van der Waals surface area contributed by atoms with E-state index in [1.807, 2.05) is 29.2 Å². The van der Waals surface area contributed by atoms with Crippen LogP contribution >= 0.6 is 0 Å². The Morgan fingerprint density at radius 1 is 1.41 bits per heavy atom. The number of nitrogens with zero attached hydrogens (tertiary/aromatic N) is 2. The highest BCUT2D eigenvalue weighted by atomic mass is 16.5. The molecule has 0 saturated carbocycles. The number of aromatic amines is 1. The van der Waals surface area contributed by atoms with Gasteiger partial charge in [-0.15, -0.1) is 0 Å². The van der Waals surface area contributed by atoms with E-state index in [-0.39, 0.29) is 11.9 Å². The first-order valence-electron chi connectivity index (χ1n) is 7.55. The van der Waals surface area contributed by atoms with Crippen molar-refractivity contribution in [1.29, 1.82) is 5.41 Å². The zero-order valence-corrected chi connectivity index (χ0v) is 12.2. The van der Waals surface area contributed by atoms with Crippen LogP contribution in [-0.4, -0.2) is 51.6 Å². The van der Waals surface area contributed by atoms with E-state index in [1.54, 1.807) is 0 Å². The van der Waals surface area contributed by atoms with Crippen molar-refractivity contribution < 1.29 is 9.84 Å². The van der Waals surface area contributed by atoms with Gasteiger partial charge in [0.15, 0.2) is 0 Å². The van der Waals surface area contributed by atoms with Crippen molar-refractivity contribution in [3.8, 4) is 0 Å². The molecule has 3 N–H and O–H groups in total. The topological polar surface area (TPSA) is 85.2 Å². The molecular formula is C16H18N4O2. The third-order valence-corrected chi connectivity index (χ3v) is 4.26. The molecule has 114 valence electrons. The first kappa shape index (κ1) is 13.3. The number of rotatable bonds is 3. The molecule has 1 aromatic carbocycles. The van der Waals surface area contributed by atoms with Crippen molar-refractivity contribution in [2.24, 2.45) is 0 Å². The summed E-state index contributed by atoms with van der Waals surface area (Å²) in [5.41, 5.74) is 2.24. The lowest BCUT2D eigenvalue weighted by Gasteiger charge is -2.21. The lowest BCUT2D eigenvalue weighted by molar-refractivity contribution is 0.0924. The van der Waals surface area contributed by atoms with Gasteiger partial charge in [-0.3, -0.25) is 5.41 Å². The van der Waals surface area contributed by atoms with Crippen molar-refractivity contribution in [2.45, 2.75) is 18.9 Å². The summed E-state index contributed by atoms with van der Waals surface area (Å²) in [5, 5.41) is 18.6. The molecule has 2 aromatic rings. The summed E-state index contributed by atoms with van der Waals surface area (Å²) in [6.45, 7) is 1.79. The second-order valence-electron chi connectivity index (χ2n) is 5.79. The zero-order chi connectivity index (χ0) is 15.1. The summed E-state index contributed by atoms with van der Waals surface area (Å²) >= 11 is 0. The molecule has 1 fully saturated rings. The number of hydrogen-bond donors (Lipinski definition) is 3. The highest BCUT2D eigenvalue weighted by Gasteiger charge is 2.32. The molecular weight excluding hydrogens is 280 g/mol. The summed E-state index contributed by atoms with van der Waals surface area (Å²) in [6, 6.07) is 7.70. The van der Waals surface area contributed by atoms with E-state index in [9.17, 15) is 5.11 Å². The minimum Gasteiger partial charge on any atom is -0.510 e. The molecule has 1 atom stereocenters. The van der Waals surface area contributed by atoms with Crippen LogP contribution in [0.25, 0.3) is 16.6 Å². The number of fused-ring (bicyclic) bond motifs is 1. The quantitative estimate of drug-likeness (QED) is 0.811. The normalized spacial score (nSPS) is 22.3. The van der Waals surface area contributed by atoms with E-state index in [4.69, 9.17) is 10.1 Å². The number of nitrogens with one attached hydrogen (secondary N) is 2. The maximum atomic E-state index is 10.3. The van der Waals surface area contributed by atoms with Gasteiger partial charge in [0.1, 0.15) is 17.4 Å². The van der Waals surface area contributed by atoms with Gasteiger partial charge >= 0.3 is 0 Å². The molecule has 6 heteroatoms. The lowest BCUT2D eigenvalue weighted by Crippen LogP contribution is -2.34. The first-order chi connectivity index (χ1) is 10.7. The van der Waals surface area contributed by atoms with Crippen molar-refractivity contribution in [3.05, 3.63) is 35.8 Å². The van der Waals surface area contributed by atoms with Gasteiger partial charge in [0, 0.05) is 13.2 Å². The van der Waals surface area contributed by atoms with Gasteiger partial charge in [-0.25, -0.2) is 4.98 Å². The van der Waals surface area contributed by atoms with E-state index < -0.39 is 0 Å². The number of amidine groups is 1. The van der Waals surface area contributed by atoms with Crippen LogP contribution in [0.3, 0.4) is 0 Å². The molecule has 0 unspecified atom stereocenters. The molecule has 0 amide bonds. The molecule has 4 rings (SSSR count). The minimum absolute atomic E-state index is 0.156. The fourth-order valence-corrected chi connectivity index (χ4v) is 3.14. The predicted molar refractivity (Wildman–Crippen MR) is 83.9 cm³/mol. The van der Waals surface area contributed by atoms with E-state index in [0.29, 0.717) is 30.3 Å². The van der Waals surface area contributed by atoms with Gasteiger partial charge < -0.3 is 19.7 Å². The molecule has 0 radical (unpaired) electrons. The highest BCUT2D eigenvalue weighted by Crippen LogP contribution is 2.28. The van der Waals surface area contributed by atoms with Gasteiger partial charge in [-0.1, -0.05) is 12.1 Å². The smallest absolute Gasteiger partial charge is 0.145 e. The van der Waals surface area contributed by atoms with Crippen LogP contribution in [0.2, 0.25) is 0 Å². The van der Waals surface area contributed by atoms with E-state index >= 15 is 0 Å². The van der Waals surface area contributed by atoms with Crippen LogP contribution < -0.4 is 0 Å². The number of ether oxygens (including phenoxy) is 1. The predicted octanol–water partition coefficient (Wildman–Crippen LogP) is 2.30. The summed E-state index contributed by atoms with van der Waals surface area (Å²) in [7, 11) is 0. The summed E-state index contributed by atoms with van der Waals surface area (Å²) < 4.78 is 5.63. The van der Waals surface area contributed by atoms with Gasteiger partial charge in [-0.05, 0) is 25.0 Å². The van der Waals surface area contributed by atoms with Gasteiger partial charge in [0.25, 0.3) is 0 Å². The Morgan fingerprint density at radius 2 is 2.27 bits per heavy atom. The van der Waals surface area contributed by atoms with Crippen molar-refractivity contribution in [2.75, 3.05) is 19.7 Å². The zero-order valence-electron chi connectivity index (χ0n) is 12.2. The number of para-hydroxylation sites is 2. The standard InChI is InChI=1S/C16H18N4O2/c17-15-14(16-18-11-5-1-2-6-12(11)19-16)13(21)9-20(15)8-10-4-3-7-22-10/h1-2,5-6,10,17,21H,3-4,7-9H2,(H,18,19)/t10-/m0/s1. The third-order valence-electron chi connectivity index (χ3n) is 4.26. The Labute approximate surface area is 127 Å². The van der Waals surface area contributed by atoms with Gasteiger partial charge in [0.2, 0.25) is 0 Å². The number of hydrogen-bond acceptors (Lipinski definition) is 4. The SMILES string of the molecule is N=C1C(c2nc3ccccc3[nH]2)=C(O)CN1C[C@@H]1CCCO1. The molecule has 3 heterocycles. The molecule has 6 nitrogen and oxygen atoms in total. The lowest BCUT2D eigenvalue weighted by atomic mass is 10.2. The van der Waals surface area contributed by atoms with E-state index in [2.05, 4.69) is 9.97 Å². The molecule has 0 aliphatic carbocycles. The molecule has 2 aliphatic rings. The summed E-state index contributed by atoms with van der Waals surface area (Å²) in [5.74, 6) is 1.06. The molecule has 2 aliphatic heterocycles. The van der Waals surface area contributed by atoms with E-state index in [0.717, 1.165) is 30.5 Å². The number of aromatic nitrogens is 2. The highest BCUT2D eigenvalue weighted by molar-refractivity contribution is 6.23. The fraction of sp³-hybridized carbons (Fsp3) is 0.375. The maximum Gasteiger partial charge on any atom is 0.145 e. The Kier molecular flexibility index (Phi) is 3.11. The summed E-state index contributed by atoms with van der Waals surface area (Å²) in [4.78, 5) is 9.53. The average Bonchev–Trinajstić information content (AvgIpc) is 3.19. The van der Waals surface area contributed by atoms with Crippen LogP contribution in [0.1, 0.15) is 18.7 Å². The van der Waals surface area contributed by atoms with Gasteiger partial charge in [0.05, 0.1) is 29.3 Å². The minimum atomic E-state index is 0.156. The average molecular weight is 298 g/mol. The summed E-state index contributed by atoms with van der Waals surface area (Å²) in [6.07, 6.45) is 2.25. The Hall–Kier alpha value is -2.34. The van der Waals surface area contributed by atoms with E-state index in [1.165, 1.54) is 0 Å². The maximum absolute atomic E-state index is 10.3. The number of aliphatic hydroxyl groups is 1. The molecule has 1 saturated heterocycles. The fourth-order valence-electron chi connectivity index (χ4n) is 3.14. The van der Waals surface area contributed by atoms with Crippen LogP contribution in [0.15, 0.2) is 30.0 Å². The third kappa shape index (κ3) is 2.16. The van der Waals surface area contributed by atoms with Crippen molar-refractivity contribution in [3.63, 3.8) is 0 Å². The number of aliphatic hydroxyl groups excluding tert-OH is 1. The Balaban J connectivity index is 1.60. The second kappa shape index (κ2) is 5.14. The van der Waals surface area contributed by atoms with Crippen molar-refractivity contribution >= 4 is 22.4 Å². The molecule has 0 spiro atoms. The van der Waals surface area contributed by atoms with Crippen LogP contribution in [-0.2, 0) is 4.74 Å². The van der Waals surface area contributed by atoms with Crippen molar-refractivity contribution in [1.82, 2.24) is 14.9 Å². The molecule has 0 bridgehead atoms. The monoisotopic (exact) mass is 298 g/mol. The number of imidazole rings is 1. The van der Waals surface area contributed by atoms with Crippen LogP contribution in [0.5, 0.6) is 0 Å². The Bertz CT molecular complexity index is 725. The van der Waals surface area contributed by atoms with Crippen LogP contribution in [0.4, 0.5) is 0 Å². The molecule has 22 heavy (non-hydrogen) atoms. The molecule has 1 aromatic heterocycles. The van der Waals surface area contributed by atoms with Crippen LogP contribution in [0, 0.1) is 5.41 Å². The number of H-pyrrole nitrogens is 1. The Morgan fingerprint density at radius 3 is 3.05 bits per heavy atom. The number of benzene rings is 1.